The maximum atomic E-state index is 12.1. The number of rotatable bonds is 3. The third-order valence-electron chi connectivity index (χ3n) is 3.83. The number of imidazole rings is 1. The second-order valence-corrected chi connectivity index (χ2v) is 6.10. The summed E-state index contributed by atoms with van der Waals surface area (Å²) in [5.41, 5.74) is 2.30. The van der Waals surface area contributed by atoms with E-state index in [0.29, 0.717) is 46.5 Å². The van der Waals surface area contributed by atoms with Crippen LogP contribution >= 0.6 is 11.6 Å². The molecule has 0 unspecified atom stereocenters. The third kappa shape index (κ3) is 3.29. The molecule has 1 aromatic heterocycles. The zero-order valence-corrected chi connectivity index (χ0v) is 14.2. The Balaban J connectivity index is 1.50. The lowest BCUT2D eigenvalue weighted by Crippen LogP contribution is -2.15. The third-order valence-corrected chi connectivity index (χ3v) is 4.11. The second kappa shape index (κ2) is 6.61. The molecule has 1 amide bonds. The molecule has 0 spiro atoms. The fourth-order valence-corrected chi connectivity index (χ4v) is 2.97. The largest absolute Gasteiger partial charge is 0.486 e. The Labute approximate surface area is 152 Å². The van der Waals surface area contributed by atoms with Crippen LogP contribution in [0.25, 0.3) is 17.1 Å². The van der Waals surface area contributed by atoms with Crippen molar-refractivity contribution < 1.29 is 14.3 Å². The SMILES string of the molecule is O=C(/C=C/c1cc(Cl)c2c(c1)OCCO2)Nc1ccc2[nH]c(=O)[nH]c2c1. The van der Waals surface area contributed by atoms with Gasteiger partial charge in [0.15, 0.2) is 11.5 Å². The van der Waals surface area contributed by atoms with Crippen LogP contribution in [0.4, 0.5) is 5.69 Å². The number of halogens is 1. The number of carbonyl (C=O) groups excluding carboxylic acids is 1. The van der Waals surface area contributed by atoms with Crippen LogP contribution in [0.15, 0.2) is 41.2 Å². The summed E-state index contributed by atoms with van der Waals surface area (Å²) < 4.78 is 11.0. The van der Waals surface area contributed by atoms with Crippen molar-refractivity contribution in [2.45, 2.75) is 0 Å². The summed E-state index contributed by atoms with van der Waals surface area (Å²) in [5.74, 6) is 0.771. The Kier molecular flexibility index (Phi) is 4.14. The van der Waals surface area contributed by atoms with E-state index in [4.69, 9.17) is 21.1 Å². The van der Waals surface area contributed by atoms with Gasteiger partial charge in [0.05, 0.1) is 16.1 Å². The molecule has 2 aromatic carbocycles. The number of ether oxygens (including phenoxy) is 2. The van der Waals surface area contributed by atoms with Gasteiger partial charge in [-0.1, -0.05) is 11.6 Å². The number of benzene rings is 2. The number of H-pyrrole nitrogens is 2. The van der Waals surface area contributed by atoms with Crippen LogP contribution in [0.3, 0.4) is 0 Å². The summed E-state index contributed by atoms with van der Waals surface area (Å²) in [6, 6.07) is 8.57. The number of amides is 1. The van der Waals surface area contributed by atoms with E-state index in [2.05, 4.69) is 15.3 Å². The van der Waals surface area contributed by atoms with Crippen molar-refractivity contribution >= 4 is 40.3 Å². The fourth-order valence-electron chi connectivity index (χ4n) is 2.69. The van der Waals surface area contributed by atoms with Gasteiger partial charge in [-0.25, -0.2) is 4.79 Å². The van der Waals surface area contributed by atoms with Gasteiger partial charge in [0.1, 0.15) is 13.2 Å². The average Bonchev–Trinajstić information content (AvgIpc) is 2.99. The number of carbonyl (C=O) groups is 1. The summed E-state index contributed by atoms with van der Waals surface area (Å²) >= 11 is 6.18. The molecule has 1 aliphatic rings. The maximum absolute atomic E-state index is 12.1. The van der Waals surface area contributed by atoms with Crippen LogP contribution in [-0.4, -0.2) is 29.1 Å². The van der Waals surface area contributed by atoms with E-state index in [-0.39, 0.29) is 11.6 Å². The van der Waals surface area contributed by atoms with Crippen molar-refractivity contribution in [3.8, 4) is 11.5 Å². The van der Waals surface area contributed by atoms with Crippen molar-refractivity contribution in [1.29, 1.82) is 0 Å². The molecule has 3 aromatic rings. The van der Waals surface area contributed by atoms with Crippen molar-refractivity contribution in [2.75, 3.05) is 18.5 Å². The van der Waals surface area contributed by atoms with Gasteiger partial charge in [-0.2, -0.15) is 0 Å². The molecule has 0 aliphatic carbocycles. The second-order valence-electron chi connectivity index (χ2n) is 5.69. The van der Waals surface area contributed by atoms with Gasteiger partial charge in [-0.15, -0.1) is 0 Å². The van der Waals surface area contributed by atoms with E-state index in [9.17, 15) is 9.59 Å². The van der Waals surface area contributed by atoms with Crippen molar-refractivity contribution in [2.24, 2.45) is 0 Å². The normalized spacial score (nSPS) is 13.3. The summed E-state index contributed by atoms with van der Waals surface area (Å²) in [6.07, 6.45) is 3.03. The molecule has 2 heterocycles. The summed E-state index contributed by atoms with van der Waals surface area (Å²) in [6.45, 7) is 0.918. The van der Waals surface area contributed by atoms with E-state index in [1.54, 1.807) is 36.4 Å². The highest BCUT2D eigenvalue weighted by Crippen LogP contribution is 2.38. The Morgan fingerprint density at radius 2 is 1.92 bits per heavy atom. The van der Waals surface area contributed by atoms with Crippen LogP contribution in [0.5, 0.6) is 11.5 Å². The Morgan fingerprint density at radius 1 is 1.12 bits per heavy atom. The molecule has 0 atom stereocenters. The smallest absolute Gasteiger partial charge is 0.323 e. The molecular formula is C18H14ClN3O4. The molecule has 0 saturated heterocycles. The number of aromatic amines is 2. The van der Waals surface area contributed by atoms with E-state index in [0.717, 1.165) is 5.56 Å². The summed E-state index contributed by atoms with van der Waals surface area (Å²) in [4.78, 5) is 28.7. The van der Waals surface area contributed by atoms with E-state index < -0.39 is 0 Å². The van der Waals surface area contributed by atoms with Gasteiger partial charge in [0.2, 0.25) is 5.91 Å². The Hall–Kier alpha value is -3.19. The van der Waals surface area contributed by atoms with Crippen molar-refractivity contribution in [3.63, 3.8) is 0 Å². The number of anilines is 1. The lowest BCUT2D eigenvalue weighted by Gasteiger charge is -2.19. The zero-order valence-electron chi connectivity index (χ0n) is 13.5. The molecule has 0 saturated carbocycles. The molecule has 0 fully saturated rings. The highest BCUT2D eigenvalue weighted by Gasteiger charge is 2.16. The average molecular weight is 372 g/mol. The maximum Gasteiger partial charge on any atom is 0.323 e. The van der Waals surface area contributed by atoms with E-state index >= 15 is 0 Å². The van der Waals surface area contributed by atoms with Crippen LogP contribution in [0.1, 0.15) is 5.56 Å². The van der Waals surface area contributed by atoms with E-state index in [1.165, 1.54) is 6.08 Å². The van der Waals surface area contributed by atoms with Crippen LogP contribution in [0, 0.1) is 0 Å². The van der Waals surface area contributed by atoms with Crippen molar-refractivity contribution in [1.82, 2.24) is 9.97 Å². The van der Waals surface area contributed by atoms with Gasteiger partial charge in [-0.3, -0.25) is 4.79 Å². The molecule has 0 radical (unpaired) electrons. The first-order valence-corrected chi connectivity index (χ1v) is 8.26. The Morgan fingerprint density at radius 3 is 2.81 bits per heavy atom. The van der Waals surface area contributed by atoms with Crippen LogP contribution in [-0.2, 0) is 4.79 Å². The molecule has 8 heteroatoms. The quantitative estimate of drug-likeness (QED) is 0.617. The fraction of sp³-hybridized carbons (Fsp3) is 0.111. The van der Waals surface area contributed by atoms with Gasteiger partial charge in [0, 0.05) is 11.8 Å². The first kappa shape index (κ1) is 16.3. The van der Waals surface area contributed by atoms with E-state index in [1.807, 2.05) is 0 Å². The minimum atomic E-state index is -0.312. The predicted molar refractivity (Wildman–Crippen MR) is 99.0 cm³/mol. The number of nitrogens with one attached hydrogen (secondary N) is 3. The molecule has 26 heavy (non-hydrogen) atoms. The first-order chi connectivity index (χ1) is 12.6. The number of aromatic nitrogens is 2. The minimum absolute atomic E-state index is 0.293. The first-order valence-electron chi connectivity index (χ1n) is 7.89. The number of hydrogen-bond donors (Lipinski definition) is 3. The predicted octanol–water partition coefficient (Wildman–Crippen LogP) is 2.93. The lowest BCUT2D eigenvalue weighted by atomic mass is 10.1. The van der Waals surface area contributed by atoms with Crippen LogP contribution in [0.2, 0.25) is 5.02 Å². The van der Waals surface area contributed by atoms with Gasteiger partial charge in [-0.05, 0) is 42.0 Å². The van der Waals surface area contributed by atoms with Gasteiger partial charge < -0.3 is 24.8 Å². The lowest BCUT2D eigenvalue weighted by molar-refractivity contribution is -0.111. The highest BCUT2D eigenvalue weighted by atomic mass is 35.5. The highest BCUT2D eigenvalue weighted by molar-refractivity contribution is 6.32. The monoisotopic (exact) mass is 371 g/mol. The summed E-state index contributed by atoms with van der Waals surface area (Å²) in [7, 11) is 0. The molecule has 3 N–H and O–H groups in total. The molecule has 132 valence electrons. The molecule has 7 nitrogen and oxygen atoms in total. The van der Waals surface area contributed by atoms with Crippen LogP contribution < -0.4 is 20.5 Å². The molecule has 0 bridgehead atoms. The Bertz CT molecular complexity index is 1080. The standard InChI is InChI=1S/C18H14ClN3O4/c19-12-7-10(8-15-17(12)26-6-5-25-15)1-4-16(23)20-11-2-3-13-14(9-11)22-18(24)21-13/h1-4,7-9H,5-6H2,(H,20,23)(H2,21,22,24)/b4-1+. The van der Waals surface area contributed by atoms with Crippen molar-refractivity contribution in [3.05, 3.63) is 57.5 Å². The van der Waals surface area contributed by atoms with Gasteiger partial charge >= 0.3 is 5.69 Å². The zero-order chi connectivity index (χ0) is 18.1. The van der Waals surface area contributed by atoms with Gasteiger partial charge in [0.25, 0.3) is 0 Å². The minimum Gasteiger partial charge on any atom is -0.486 e. The number of hydrogen-bond acceptors (Lipinski definition) is 4. The molecule has 1 aliphatic heterocycles. The molecule has 4 rings (SSSR count). The number of fused-ring (bicyclic) bond motifs is 2. The summed E-state index contributed by atoms with van der Waals surface area (Å²) in [5, 5.41) is 3.17. The topological polar surface area (TPSA) is 96.2 Å². The molecular weight excluding hydrogens is 358 g/mol.